The zero-order valence-electron chi connectivity index (χ0n) is 10.5. The molecule has 96 valence electrons. The minimum Gasteiger partial charge on any atom is -0.496 e. The molecule has 0 amide bonds. The van der Waals surface area contributed by atoms with E-state index in [2.05, 4.69) is 41.2 Å². The summed E-state index contributed by atoms with van der Waals surface area (Å²) >= 11 is 9.45. The summed E-state index contributed by atoms with van der Waals surface area (Å²) in [7, 11) is 1.69. The second kappa shape index (κ2) is 6.62. The number of halogens is 2. The number of benzene rings is 1. The Morgan fingerprint density at radius 3 is 2.71 bits per heavy atom. The van der Waals surface area contributed by atoms with Crippen molar-refractivity contribution >= 4 is 27.5 Å². The fourth-order valence-corrected chi connectivity index (χ4v) is 2.15. The topological polar surface area (TPSA) is 21.3 Å². The highest BCUT2D eigenvalue weighted by molar-refractivity contribution is 9.10. The Morgan fingerprint density at radius 2 is 2.18 bits per heavy atom. The summed E-state index contributed by atoms with van der Waals surface area (Å²) in [4.78, 5) is 0. The molecule has 1 aromatic rings. The van der Waals surface area contributed by atoms with Crippen LogP contribution in [0.1, 0.15) is 25.8 Å². The van der Waals surface area contributed by atoms with Crippen molar-refractivity contribution < 1.29 is 4.74 Å². The second-order valence-corrected chi connectivity index (χ2v) is 5.54. The van der Waals surface area contributed by atoms with E-state index in [4.69, 9.17) is 16.3 Å². The number of methoxy groups -OCH3 is 1. The molecule has 0 aliphatic carbocycles. The minimum atomic E-state index is -0.0329. The van der Waals surface area contributed by atoms with E-state index < -0.39 is 0 Å². The van der Waals surface area contributed by atoms with Crippen LogP contribution in [0.2, 0.25) is 0 Å². The molecule has 17 heavy (non-hydrogen) atoms. The molecule has 1 aromatic carbocycles. The van der Waals surface area contributed by atoms with E-state index >= 15 is 0 Å². The smallest absolute Gasteiger partial charge is 0.123 e. The zero-order chi connectivity index (χ0) is 12.9. The quantitative estimate of drug-likeness (QED) is 0.801. The van der Waals surface area contributed by atoms with Gasteiger partial charge in [0.15, 0.2) is 0 Å². The van der Waals surface area contributed by atoms with Crippen LogP contribution in [0.4, 0.5) is 0 Å². The summed E-state index contributed by atoms with van der Waals surface area (Å²) < 4.78 is 6.39. The summed E-state index contributed by atoms with van der Waals surface area (Å²) in [5, 5.41) is 3.48. The van der Waals surface area contributed by atoms with Crippen LogP contribution in [0.15, 0.2) is 22.7 Å². The molecule has 0 radical (unpaired) electrons. The van der Waals surface area contributed by atoms with Crippen molar-refractivity contribution in [2.45, 2.75) is 32.4 Å². The fraction of sp³-hybridized carbons (Fsp3) is 0.538. The van der Waals surface area contributed by atoms with E-state index in [1.807, 2.05) is 12.1 Å². The van der Waals surface area contributed by atoms with Gasteiger partial charge in [-0.2, -0.15) is 0 Å². The van der Waals surface area contributed by atoms with Crippen molar-refractivity contribution in [2.24, 2.45) is 0 Å². The third-order valence-electron chi connectivity index (χ3n) is 3.02. The lowest BCUT2D eigenvalue weighted by Gasteiger charge is -2.27. The molecule has 0 aliphatic heterocycles. The van der Waals surface area contributed by atoms with Gasteiger partial charge in [-0.05, 0) is 31.5 Å². The lowest BCUT2D eigenvalue weighted by molar-refractivity contribution is 0.368. The van der Waals surface area contributed by atoms with Gasteiger partial charge in [-0.1, -0.05) is 22.9 Å². The SMILES string of the molecule is CCC(C)(CCl)NCc1cc(Br)ccc1OC. The molecule has 0 heterocycles. The fourth-order valence-electron chi connectivity index (χ4n) is 1.46. The summed E-state index contributed by atoms with van der Waals surface area (Å²) in [5.74, 6) is 1.49. The lowest BCUT2D eigenvalue weighted by atomic mass is 10.0. The first-order chi connectivity index (χ1) is 8.04. The molecular formula is C13H19BrClNO. The number of hydrogen-bond donors (Lipinski definition) is 1. The van der Waals surface area contributed by atoms with Gasteiger partial charge in [0.2, 0.25) is 0 Å². The summed E-state index contributed by atoms with van der Waals surface area (Å²) in [6.07, 6.45) is 0.993. The predicted molar refractivity (Wildman–Crippen MR) is 76.9 cm³/mol. The normalized spacial score (nSPS) is 14.4. The van der Waals surface area contributed by atoms with Gasteiger partial charge in [-0.15, -0.1) is 11.6 Å². The molecule has 1 unspecified atom stereocenters. The van der Waals surface area contributed by atoms with E-state index in [9.17, 15) is 0 Å². The number of ether oxygens (including phenoxy) is 1. The van der Waals surface area contributed by atoms with Crippen LogP contribution >= 0.6 is 27.5 Å². The standard InChI is InChI=1S/C13H19BrClNO/c1-4-13(2,9-15)16-8-10-7-11(14)5-6-12(10)17-3/h5-7,16H,4,8-9H2,1-3H3. The summed E-state index contributed by atoms with van der Waals surface area (Å²) in [6.45, 7) is 5.01. The maximum Gasteiger partial charge on any atom is 0.123 e. The van der Waals surface area contributed by atoms with Crippen molar-refractivity contribution in [3.05, 3.63) is 28.2 Å². The van der Waals surface area contributed by atoms with E-state index in [1.165, 1.54) is 0 Å². The molecule has 1 N–H and O–H groups in total. The Kier molecular flexibility index (Phi) is 5.77. The van der Waals surface area contributed by atoms with E-state index in [-0.39, 0.29) is 5.54 Å². The molecule has 4 heteroatoms. The zero-order valence-corrected chi connectivity index (χ0v) is 12.9. The van der Waals surface area contributed by atoms with Gasteiger partial charge in [-0.3, -0.25) is 0 Å². The van der Waals surface area contributed by atoms with Crippen molar-refractivity contribution in [3.63, 3.8) is 0 Å². The van der Waals surface area contributed by atoms with Crippen LogP contribution in [0.25, 0.3) is 0 Å². The van der Waals surface area contributed by atoms with Crippen LogP contribution in [-0.2, 0) is 6.54 Å². The number of alkyl halides is 1. The average Bonchev–Trinajstić information content (AvgIpc) is 2.36. The van der Waals surface area contributed by atoms with Crippen LogP contribution in [0, 0.1) is 0 Å². The Bertz CT molecular complexity index is 366. The molecule has 1 atom stereocenters. The Hall–Kier alpha value is -0.250. The molecular weight excluding hydrogens is 302 g/mol. The monoisotopic (exact) mass is 319 g/mol. The Balaban J connectivity index is 2.77. The molecule has 0 saturated carbocycles. The molecule has 0 bridgehead atoms. The van der Waals surface area contributed by atoms with Gasteiger partial charge in [0.05, 0.1) is 7.11 Å². The highest BCUT2D eigenvalue weighted by atomic mass is 79.9. The van der Waals surface area contributed by atoms with E-state index in [0.29, 0.717) is 5.88 Å². The Morgan fingerprint density at radius 1 is 1.47 bits per heavy atom. The first kappa shape index (κ1) is 14.8. The number of hydrogen-bond acceptors (Lipinski definition) is 2. The second-order valence-electron chi connectivity index (χ2n) is 4.36. The minimum absolute atomic E-state index is 0.0329. The maximum atomic E-state index is 5.98. The molecule has 0 saturated heterocycles. The number of nitrogens with one attached hydrogen (secondary N) is 1. The Labute approximate surface area is 117 Å². The molecule has 0 aromatic heterocycles. The first-order valence-electron chi connectivity index (χ1n) is 5.68. The van der Waals surface area contributed by atoms with Crippen molar-refractivity contribution in [3.8, 4) is 5.75 Å². The van der Waals surface area contributed by atoms with Gasteiger partial charge in [0.1, 0.15) is 5.75 Å². The lowest BCUT2D eigenvalue weighted by Crippen LogP contribution is -2.43. The van der Waals surface area contributed by atoms with Gasteiger partial charge < -0.3 is 10.1 Å². The average molecular weight is 321 g/mol. The first-order valence-corrected chi connectivity index (χ1v) is 7.01. The van der Waals surface area contributed by atoms with Crippen LogP contribution in [0.5, 0.6) is 5.75 Å². The van der Waals surface area contributed by atoms with E-state index in [0.717, 1.165) is 28.8 Å². The van der Waals surface area contributed by atoms with Gasteiger partial charge in [0.25, 0.3) is 0 Å². The van der Waals surface area contributed by atoms with Gasteiger partial charge in [-0.25, -0.2) is 0 Å². The maximum absolute atomic E-state index is 5.98. The van der Waals surface area contributed by atoms with Gasteiger partial charge >= 0.3 is 0 Å². The molecule has 0 fully saturated rings. The number of rotatable bonds is 6. The van der Waals surface area contributed by atoms with Crippen molar-refractivity contribution in [1.82, 2.24) is 5.32 Å². The summed E-state index contributed by atoms with van der Waals surface area (Å²) in [6, 6.07) is 6.00. The highest BCUT2D eigenvalue weighted by Crippen LogP contribution is 2.24. The van der Waals surface area contributed by atoms with Crippen LogP contribution in [-0.4, -0.2) is 18.5 Å². The van der Waals surface area contributed by atoms with Gasteiger partial charge in [0, 0.05) is 28.0 Å². The summed E-state index contributed by atoms with van der Waals surface area (Å²) in [5.41, 5.74) is 1.10. The molecule has 1 rings (SSSR count). The van der Waals surface area contributed by atoms with Crippen molar-refractivity contribution in [1.29, 1.82) is 0 Å². The van der Waals surface area contributed by atoms with Crippen LogP contribution < -0.4 is 10.1 Å². The highest BCUT2D eigenvalue weighted by Gasteiger charge is 2.20. The predicted octanol–water partition coefficient (Wildman–Crippen LogP) is 3.95. The molecule has 0 aliphatic rings. The van der Waals surface area contributed by atoms with Crippen LogP contribution in [0.3, 0.4) is 0 Å². The van der Waals surface area contributed by atoms with E-state index in [1.54, 1.807) is 7.11 Å². The molecule has 0 spiro atoms. The third kappa shape index (κ3) is 4.16. The third-order valence-corrected chi connectivity index (χ3v) is 4.11. The largest absolute Gasteiger partial charge is 0.496 e. The van der Waals surface area contributed by atoms with Crippen molar-refractivity contribution in [2.75, 3.05) is 13.0 Å². The molecule has 2 nitrogen and oxygen atoms in total.